The van der Waals surface area contributed by atoms with Gasteiger partial charge in [-0.3, -0.25) is 14.5 Å². The van der Waals surface area contributed by atoms with Crippen molar-refractivity contribution >= 4 is 23.0 Å². The standard InChI is InChI=1S/C26H34F3N3O4/c1-25(2,3)36-23(33)16-31-10-6-17(7-11-31)4-5-22-30-20-14-18-8-12-32(24(34)26(27,28)29)13-9-19(18)15-21(20)35-22/h14-15,17H,4-13,16H2,1-3H3. The zero-order valence-electron chi connectivity index (χ0n) is 21.1. The molecule has 0 N–H and O–H groups in total. The number of aromatic nitrogens is 1. The molecule has 3 heterocycles. The highest BCUT2D eigenvalue weighted by molar-refractivity contribution is 5.82. The highest BCUT2D eigenvalue weighted by atomic mass is 19.4. The van der Waals surface area contributed by atoms with Crippen LogP contribution in [0.1, 0.15) is 57.1 Å². The molecular weight excluding hydrogens is 475 g/mol. The molecule has 0 aliphatic carbocycles. The zero-order chi connectivity index (χ0) is 26.1. The summed E-state index contributed by atoms with van der Waals surface area (Å²) < 4.78 is 49.8. The van der Waals surface area contributed by atoms with E-state index >= 15 is 0 Å². The molecule has 198 valence electrons. The molecule has 1 fully saturated rings. The molecule has 4 rings (SSSR count). The highest BCUT2D eigenvalue weighted by Gasteiger charge is 2.42. The van der Waals surface area contributed by atoms with Crippen LogP contribution < -0.4 is 0 Å². The Labute approximate surface area is 209 Å². The number of carbonyl (C=O) groups is 2. The van der Waals surface area contributed by atoms with Crippen molar-refractivity contribution < 1.29 is 31.9 Å². The Balaban J connectivity index is 1.28. The van der Waals surface area contributed by atoms with Gasteiger partial charge in [-0.15, -0.1) is 0 Å². The minimum absolute atomic E-state index is 0.0322. The number of likely N-dealkylation sites (tertiary alicyclic amines) is 1. The summed E-state index contributed by atoms with van der Waals surface area (Å²) in [5.74, 6) is -0.778. The van der Waals surface area contributed by atoms with Crippen molar-refractivity contribution in [2.45, 2.75) is 71.1 Å². The van der Waals surface area contributed by atoms with E-state index in [-0.39, 0.29) is 19.1 Å². The van der Waals surface area contributed by atoms with Crippen molar-refractivity contribution in [3.63, 3.8) is 0 Å². The smallest absolute Gasteiger partial charge is 0.459 e. The largest absolute Gasteiger partial charge is 0.471 e. The molecule has 1 saturated heterocycles. The Kier molecular flexibility index (Phi) is 7.64. The molecule has 10 heteroatoms. The quantitative estimate of drug-likeness (QED) is 0.560. The van der Waals surface area contributed by atoms with Crippen LogP contribution in [0.5, 0.6) is 0 Å². The van der Waals surface area contributed by atoms with Gasteiger partial charge in [0.1, 0.15) is 11.1 Å². The Morgan fingerprint density at radius 2 is 1.69 bits per heavy atom. The average Bonchev–Trinajstić information content (AvgIpc) is 3.06. The summed E-state index contributed by atoms with van der Waals surface area (Å²) in [7, 11) is 0. The number of oxazole rings is 1. The topological polar surface area (TPSA) is 75.9 Å². The van der Waals surface area contributed by atoms with Crippen LogP contribution in [0.2, 0.25) is 0 Å². The number of halogens is 3. The number of hydrogen-bond acceptors (Lipinski definition) is 6. The van der Waals surface area contributed by atoms with E-state index in [0.717, 1.165) is 48.4 Å². The van der Waals surface area contributed by atoms with Crippen LogP contribution in [0.25, 0.3) is 11.1 Å². The predicted molar refractivity (Wildman–Crippen MR) is 127 cm³/mol. The molecule has 7 nitrogen and oxygen atoms in total. The summed E-state index contributed by atoms with van der Waals surface area (Å²) in [6, 6.07) is 3.74. The fourth-order valence-corrected chi connectivity index (χ4v) is 5.00. The van der Waals surface area contributed by atoms with Gasteiger partial charge in [-0.2, -0.15) is 13.2 Å². The Morgan fingerprint density at radius 1 is 1.06 bits per heavy atom. The monoisotopic (exact) mass is 509 g/mol. The molecule has 1 aromatic heterocycles. The zero-order valence-corrected chi connectivity index (χ0v) is 21.1. The molecule has 0 atom stereocenters. The van der Waals surface area contributed by atoms with E-state index in [2.05, 4.69) is 9.88 Å². The van der Waals surface area contributed by atoms with E-state index in [1.165, 1.54) is 0 Å². The summed E-state index contributed by atoms with van der Waals surface area (Å²) in [4.78, 5) is 31.3. The van der Waals surface area contributed by atoms with Crippen LogP contribution in [-0.4, -0.2) is 71.2 Å². The number of hydrogen-bond donors (Lipinski definition) is 0. The number of alkyl halides is 3. The lowest BCUT2D eigenvalue weighted by Gasteiger charge is -2.31. The summed E-state index contributed by atoms with van der Waals surface area (Å²) >= 11 is 0. The fourth-order valence-electron chi connectivity index (χ4n) is 5.00. The van der Waals surface area contributed by atoms with E-state index in [0.29, 0.717) is 48.7 Å². The van der Waals surface area contributed by atoms with Crippen LogP contribution in [0.15, 0.2) is 16.5 Å². The number of rotatable bonds is 5. The van der Waals surface area contributed by atoms with Crippen molar-refractivity contribution in [3.8, 4) is 0 Å². The molecule has 1 aromatic carbocycles. The number of carbonyl (C=O) groups excluding carboxylic acids is 2. The van der Waals surface area contributed by atoms with Gasteiger partial charge in [0.2, 0.25) is 0 Å². The second-order valence-corrected chi connectivity index (χ2v) is 10.8. The number of esters is 1. The molecule has 36 heavy (non-hydrogen) atoms. The SMILES string of the molecule is CC(C)(C)OC(=O)CN1CCC(CCc2nc3cc4c(cc3o2)CCN(C(=O)C(F)(F)F)CC4)CC1. The maximum absolute atomic E-state index is 12.8. The normalized spacial score (nSPS) is 18.2. The molecular formula is C26H34F3N3O4. The maximum Gasteiger partial charge on any atom is 0.471 e. The van der Waals surface area contributed by atoms with Gasteiger partial charge in [0.05, 0.1) is 6.54 Å². The number of amides is 1. The number of aryl methyl sites for hydroxylation is 1. The molecule has 0 spiro atoms. The third kappa shape index (κ3) is 6.78. The number of benzene rings is 1. The molecule has 2 aromatic rings. The Bertz CT molecular complexity index is 1050. The predicted octanol–water partition coefficient (Wildman–Crippen LogP) is 4.30. The van der Waals surface area contributed by atoms with Crippen molar-refractivity contribution in [2.75, 3.05) is 32.7 Å². The van der Waals surface area contributed by atoms with Crippen molar-refractivity contribution in [1.82, 2.24) is 14.8 Å². The lowest BCUT2D eigenvalue weighted by atomic mass is 9.92. The molecule has 2 aliphatic heterocycles. The molecule has 0 bridgehead atoms. The Hall–Kier alpha value is -2.62. The molecule has 0 radical (unpaired) electrons. The van der Waals surface area contributed by atoms with Gasteiger partial charge in [-0.1, -0.05) is 0 Å². The number of nitrogens with zero attached hydrogens (tertiary/aromatic N) is 3. The summed E-state index contributed by atoms with van der Waals surface area (Å²) in [6.45, 7) is 7.72. The summed E-state index contributed by atoms with van der Waals surface area (Å²) in [6.07, 6.45) is -0.475. The first-order chi connectivity index (χ1) is 16.9. The van der Waals surface area contributed by atoms with Gasteiger partial charge in [0, 0.05) is 19.5 Å². The van der Waals surface area contributed by atoms with Crippen molar-refractivity contribution in [3.05, 3.63) is 29.2 Å². The second-order valence-electron chi connectivity index (χ2n) is 10.8. The number of ether oxygens (including phenoxy) is 1. The number of piperidine rings is 1. The van der Waals surface area contributed by atoms with Crippen LogP contribution >= 0.6 is 0 Å². The average molecular weight is 510 g/mol. The van der Waals surface area contributed by atoms with E-state index in [9.17, 15) is 22.8 Å². The molecule has 0 saturated carbocycles. The molecule has 2 aliphatic rings. The van der Waals surface area contributed by atoms with Crippen molar-refractivity contribution in [1.29, 1.82) is 0 Å². The summed E-state index contributed by atoms with van der Waals surface area (Å²) in [5, 5.41) is 0. The van der Waals surface area contributed by atoms with E-state index in [4.69, 9.17) is 9.15 Å². The van der Waals surface area contributed by atoms with Gasteiger partial charge in [0.25, 0.3) is 0 Å². The minimum atomic E-state index is -4.85. The Morgan fingerprint density at radius 3 is 2.31 bits per heavy atom. The van der Waals surface area contributed by atoms with Gasteiger partial charge in [-0.25, -0.2) is 4.98 Å². The van der Waals surface area contributed by atoms with E-state index in [1.807, 2.05) is 32.9 Å². The molecule has 0 unspecified atom stereocenters. The first-order valence-corrected chi connectivity index (χ1v) is 12.6. The minimum Gasteiger partial charge on any atom is -0.459 e. The lowest BCUT2D eigenvalue weighted by molar-refractivity contribution is -0.185. The van der Waals surface area contributed by atoms with Gasteiger partial charge >= 0.3 is 18.1 Å². The highest BCUT2D eigenvalue weighted by Crippen LogP contribution is 2.28. The van der Waals surface area contributed by atoms with Gasteiger partial charge < -0.3 is 14.1 Å². The van der Waals surface area contributed by atoms with Gasteiger partial charge in [-0.05, 0) is 95.1 Å². The van der Waals surface area contributed by atoms with Crippen LogP contribution in [0.4, 0.5) is 13.2 Å². The first kappa shape index (κ1) is 26.4. The van der Waals surface area contributed by atoms with E-state index < -0.39 is 17.7 Å². The lowest BCUT2D eigenvalue weighted by Crippen LogP contribution is -2.42. The fraction of sp³-hybridized carbons (Fsp3) is 0.654. The molecule has 1 amide bonds. The maximum atomic E-state index is 12.8. The third-order valence-electron chi connectivity index (χ3n) is 6.83. The van der Waals surface area contributed by atoms with Gasteiger partial charge in [0.15, 0.2) is 11.5 Å². The van der Waals surface area contributed by atoms with Crippen molar-refractivity contribution in [2.24, 2.45) is 5.92 Å². The van der Waals surface area contributed by atoms with Crippen LogP contribution in [0, 0.1) is 5.92 Å². The van der Waals surface area contributed by atoms with Crippen LogP contribution in [-0.2, 0) is 33.6 Å². The first-order valence-electron chi connectivity index (χ1n) is 12.6. The van der Waals surface area contributed by atoms with Crippen LogP contribution in [0.3, 0.4) is 0 Å². The second kappa shape index (κ2) is 10.4. The third-order valence-corrected chi connectivity index (χ3v) is 6.83. The summed E-state index contributed by atoms with van der Waals surface area (Å²) in [5.41, 5.74) is 2.68. The van der Waals surface area contributed by atoms with E-state index in [1.54, 1.807) is 0 Å². The number of fused-ring (bicyclic) bond motifs is 2.